The molecule has 0 heteroatoms. The van der Waals surface area contributed by atoms with Crippen molar-refractivity contribution in [3.8, 4) is 0 Å². The van der Waals surface area contributed by atoms with Crippen LogP contribution in [0.25, 0.3) is 0 Å². The molecular weight excluding hydrogens is 565 g/mol. The van der Waals surface area contributed by atoms with E-state index in [2.05, 4.69) is 118 Å². The average Bonchev–Trinajstić information content (AvgIpc) is 3.92. The molecule has 0 aromatic carbocycles. The fraction of sp³-hybridized carbons (Fsp3) is 0.660. The molecule has 4 fully saturated rings. The van der Waals surface area contributed by atoms with Gasteiger partial charge >= 0.3 is 0 Å². The van der Waals surface area contributed by atoms with Crippen LogP contribution in [0.1, 0.15) is 104 Å². The van der Waals surface area contributed by atoms with Crippen molar-refractivity contribution in [1.82, 2.24) is 0 Å². The first-order chi connectivity index (χ1) is 23.0. The summed E-state index contributed by atoms with van der Waals surface area (Å²) in [7, 11) is 0. The second-order valence-electron chi connectivity index (χ2n) is 18.2. The van der Waals surface area contributed by atoms with Crippen LogP contribution in [0.4, 0.5) is 0 Å². The molecule has 0 aliphatic heterocycles. The van der Waals surface area contributed by atoms with Crippen LogP contribution in [0.5, 0.6) is 0 Å². The van der Waals surface area contributed by atoms with Crippen LogP contribution in [-0.4, -0.2) is 0 Å². The van der Waals surface area contributed by atoms with Gasteiger partial charge in [-0.05, 0) is 146 Å². The highest BCUT2D eigenvalue weighted by atomic mass is 14.6. The largest absolute Gasteiger partial charge is 0.0885 e. The van der Waals surface area contributed by atoms with E-state index in [-0.39, 0.29) is 0 Å². The normalized spacial score (nSPS) is 42.9. The predicted molar refractivity (Wildman–Crippen MR) is 200 cm³/mol. The highest BCUT2D eigenvalue weighted by Gasteiger charge is 2.58. The molecule has 0 bridgehead atoms. The van der Waals surface area contributed by atoms with Crippen LogP contribution in [0.3, 0.4) is 0 Å². The molecule has 12 atom stereocenters. The van der Waals surface area contributed by atoms with Gasteiger partial charge in [-0.2, -0.15) is 0 Å². The first-order valence-corrected chi connectivity index (χ1v) is 20.4. The third kappa shape index (κ3) is 5.65. The molecule has 4 saturated carbocycles. The Hall–Kier alpha value is -2.08. The first-order valence-electron chi connectivity index (χ1n) is 20.4. The van der Waals surface area contributed by atoms with E-state index >= 15 is 0 Å². The fourth-order valence-corrected chi connectivity index (χ4v) is 13.9. The van der Waals surface area contributed by atoms with Gasteiger partial charge in [0, 0.05) is 0 Å². The molecular formula is C47H64. The van der Waals surface area contributed by atoms with Gasteiger partial charge in [0.15, 0.2) is 0 Å². The summed E-state index contributed by atoms with van der Waals surface area (Å²) in [6.07, 6.45) is 58.6. The van der Waals surface area contributed by atoms with Gasteiger partial charge < -0.3 is 0 Å². The minimum Gasteiger partial charge on any atom is -0.0885 e. The van der Waals surface area contributed by atoms with Gasteiger partial charge in [-0.25, -0.2) is 0 Å². The Morgan fingerprint density at radius 2 is 0.894 bits per heavy atom. The van der Waals surface area contributed by atoms with Crippen molar-refractivity contribution in [2.45, 2.75) is 104 Å². The number of allylic oxidation sites excluding steroid dienone is 16. The van der Waals surface area contributed by atoms with Crippen molar-refractivity contribution in [1.29, 1.82) is 0 Å². The SMILES string of the molecule is CC1C=CC2C(C1)C1C=CC=CC1C2C(C)(CC/C=C/CCC(C)(C1CCCC1)C1C2C=CC=CC2C2C=CC=CC21)C1CCCC1. The van der Waals surface area contributed by atoms with Gasteiger partial charge in [-0.1, -0.05) is 144 Å². The van der Waals surface area contributed by atoms with Crippen LogP contribution in [0.15, 0.2) is 97.2 Å². The first kappa shape index (κ1) is 32.1. The van der Waals surface area contributed by atoms with Crippen molar-refractivity contribution < 1.29 is 0 Å². The Labute approximate surface area is 288 Å². The standard InChI is InChI=1S/C47H64/c1-33-28-29-42-43(32-33)38-24-12-15-27-41(38)45(42)47(3,35-20-8-9-21-35)31-17-5-4-16-30-46(2,34-18-6-7-19-34)44-39-25-13-10-22-36(39)37-23-11-14-26-40(37)44/h4-5,10-15,22-29,33-45H,6-9,16-21,30-32H2,1-3H3/b5-4+. The van der Waals surface area contributed by atoms with E-state index in [4.69, 9.17) is 0 Å². The lowest BCUT2D eigenvalue weighted by atomic mass is 9.58. The van der Waals surface area contributed by atoms with Crippen molar-refractivity contribution in [3.05, 3.63) is 97.2 Å². The summed E-state index contributed by atoms with van der Waals surface area (Å²) in [6, 6.07) is 0. The van der Waals surface area contributed by atoms with E-state index < -0.39 is 0 Å². The van der Waals surface area contributed by atoms with Crippen LogP contribution in [0, 0.1) is 87.8 Å². The van der Waals surface area contributed by atoms with Gasteiger partial charge in [-0.3, -0.25) is 0 Å². The molecule has 0 spiro atoms. The predicted octanol–water partition coefficient (Wildman–Crippen LogP) is 12.7. The molecule has 8 rings (SSSR count). The molecule has 0 aromatic heterocycles. The van der Waals surface area contributed by atoms with Crippen LogP contribution in [0.2, 0.25) is 0 Å². The second-order valence-corrected chi connectivity index (χ2v) is 18.2. The number of rotatable bonds is 10. The Bertz CT molecular complexity index is 1320. The number of hydrogen-bond acceptors (Lipinski definition) is 0. The fourth-order valence-electron chi connectivity index (χ4n) is 13.9. The molecule has 0 heterocycles. The van der Waals surface area contributed by atoms with E-state index in [9.17, 15) is 0 Å². The molecule has 0 saturated heterocycles. The van der Waals surface area contributed by atoms with Gasteiger partial charge in [0.25, 0.3) is 0 Å². The zero-order chi connectivity index (χ0) is 32.0. The zero-order valence-corrected chi connectivity index (χ0v) is 29.9. The number of fused-ring (bicyclic) bond motifs is 6. The van der Waals surface area contributed by atoms with Gasteiger partial charge in [0.1, 0.15) is 0 Å². The molecule has 0 N–H and O–H groups in total. The molecule has 0 amide bonds. The zero-order valence-electron chi connectivity index (χ0n) is 29.9. The summed E-state index contributed by atoms with van der Waals surface area (Å²) >= 11 is 0. The summed E-state index contributed by atoms with van der Waals surface area (Å²) in [5.41, 5.74) is 0.837. The Morgan fingerprint density at radius 3 is 1.38 bits per heavy atom. The van der Waals surface area contributed by atoms with E-state index in [1.807, 2.05) is 0 Å². The minimum atomic E-state index is 0.408. The molecule has 8 aliphatic rings. The molecule has 47 heavy (non-hydrogen) atoms. The third-order valence-electron chi connectivity index (χ3n) is 16.0. The number of hydrogen-bond donors (Lipinski definition) is 0. The molecule has 12 unspecified atom stereocenters. The lowest BCUT2D eigenvalue weighted by Gasteiger charge is -2.47. The van der Waals surface area contributed by atoms with E-state index in [0.717, 1.165) is 53.3 Å². The van der Waals surface area contributed by atoms with Crippen molar-refractivity contribution in [2.24, 2.45) is 87.8 Å². The van der Waals surface area contributed by atoms with Crippen LogP contribution < -0.4 is 0 Å². The van der Waals surface area contributed by atoms with E-state index in [1.54, 1.807) is 0 Å². The van der Waals surface area contributed by atoms with Crippen molar-refractivity contribution >= 4 is 0 Å². The van der Waals surface area contributed by atoms with Crippen LogP contribution >= 0.6 is 0 Å². The van der Waals surface area contributed by atoms with Gasteiger partial charge in [-0.15, -0.1) is 0 Å². The summed E-state index contributed by atoms with van der Waals surface area (Å²) < 4.78 is 0. The summed E-state index contributed by atoms with van der Waals surface area (Å²) in [5.74, 6) is 9.94. The molecule has 0 aromatic rings. The molecule has 0 radical (unpaired) electrons. The molecule has 252 valence electrons. The summed E-state index contributed by atoms with van der Waals surface area (Å²) in [6.45, 7) is 7.96. The maximum atomic E-state index is 2.77. The Kier molecular flexibility index (Phi) is 9.11. The lowest BCUT2D eigenvalue weighted by molar-refractivity contribution is 0.0425. The highest BCUT2D eigenvalue weighted by molar-refractivity contribution is 5.30. The maximum Gasteiger partial charge on any atom is -0.00954 e. The Morgan fingerprint density at radius 1 is 0.489 bits per heavy atom. The third-order valence-corrected chi connectivity index (χ3v) is 16.0. The van der Waals surface area contributed by atoms with E-state index in [0.29, 0.717) is 34.5 Å². The minimum absolute atomic E-state index is 0.408. The maximum absolute atomic E-state index is 2.77. The summed E-state index contributed by atoms with van der Waals surface area (Å²) in [4.78, 5) is 0. The lowest BCUT2D eigenvalue weighted by Crippen LogP contribution is -2.40. The smallest absolute Gasteiger partial charge is 0.00954 e. The van der Waals surface area contributed by atoms with Crippen molar-refractivity contribution in [3.63, 3.8) is 0 Å². The monoisotopic (exact) mass is 629 g/mol. The van der Waals surface area contributed by atoms with Gasteiger partial charge in [0.2, 0.25) is 0 Å². The Balaban J connectivity index is 0.990. The molecule has 8 aliphatic carbocycles. The average molecular weight is 629 g/mol. The van der Waals surface area contributed by atoms with Gasteiger partial charge in [0.05, 0.1) is 0 Å². The topological polar surface area (TPSA) is 0 Å². The summed E-state index contributed by atoms with van der Waals surface area (Å²) in [5, 5.41) is 0. The highest BCUT2D eigenvalue weighted by Crippen LogP contribution is 2.64. The second kappa shape index (κ2) is 13.3. The van der Waals surface area contributed by atoms with Crippen molar-refractivity contribution in [2.75, 3.05) is 0 Å². The van der Waals surface area contributed by atoms with E-state index in [1.165, 1.54) is 83.5 Å². The quantitative estimate of drug-likeness (QED) is 0.211. The van der Waals surface area contributed by atoms with Crippen LogP contribution in [-0.2, 0) is 0 Å². The molecule has 0 nitrogen and oxygen atoms in total.